The summed E-state index contributed by atoms with van der Waals surface area (Å²) in [6.07, 6.45) is 1.51. The van der Waals surface area contributed by atoms with Crippen LogP contribution in [-0.2, 0) is 13.1 Å². The van der Waals surface area contributed by atoms with E-state index in [0.29, 0.717) is 12.2 Å². The largest absolute Gasteiger partial charge is 0.357 e. The molecule has 4 aromatic rings. The van der Waals surface area contributed by atoms with E-state index in [1.165, 1.54) is 10.5 Å². The standard InChI is InChI=1S/C23H21F2N5O2/c1-29(19-11-23(19,24)25)13-16-9-15-6-5-14(8-17(15)27-16)12-26-22(32)18-10-21(31)30-7-3-2-4-20(30)28-18/h2-10,19,27H,11-13H2,1H3,(H,26,32). The van der Waals surface area contributed by atoms with Crippen LogP contribution in [0.1, 0.15) is 28.2 Å². The monoisotopic (exact) mass is 437 g/mol. The molecule has 0 bridgehead atoms. The molecule has 7 nitrogen and oxygen atoms in total. The number of amides is 1. The molecule has 9 heteroatoms. The van der Waals surface area contributed by atoms with E-state index in [1.807, 2.05) is 24.3 Å². The van der Waals surface area contributed by atoms with E-state index in [9.17, 15) is 18.4 Å². The third-order valence-electron chi connectivity index (χ3n) is 5.74. The Morgan fingerprint density at radius 1 is 1.28 bits per heavy atom. The Balaban J connectivity index is 1.27. The Kier molecular flexibility index (Phi) is 4.78. The number of H-pyrrole nitrogens is 1. The van der Waals surface area contributed by atoms with Crippen LogP contribution >= 0.6 is 0 Å². The molecular formula is C23H21F2N5O2. The molecule has 1 saturated carbocycles. The number of nitrogens with one attached hydrogen (secondary N) is 2. The number of rotatable bonds is 6. The molecule has 1 fully saturated rings. The Bertz CT molecular complexity index is 1390. The van der Waals surface area contributed by atoms with Gasteiger partial charge < -0.3 is 10.3 Å². The predicted octanol–water partition coefficient (Wildman–Crippen LogP) is 2.95. The predicted molar refractivity (Wildman–Crippen MR) is 116 cm³/mol. The van der Waals surface area contributed by atoms with Gasteiger partial charge in [-0.05, 0) is 42.3 Å². The summed E-state index contributed by atoms with van der Waals surface area (Å²) < 4.78 is 27.9. The van der Waals surface area contributed by atoms with E-state index in [-0.39, 0.29) is 24.2 Å². The normalized spacial score (nSPS) is 17.2. The molecular weight excluding hydrogens is 416 g/mol. The zero-order valence-electron chi connectivity index (χ0n) is 17.3. The van der Waals surface area contributed by atoms with E-state index >= 15 is 0 Å². The number of carbonyl (C=O) groups is 1. The van der Waals surface area contributed by atoms with Crippen LogP contribution in [0.25, 0.3) is 16.6 Å². The van der Waals surface area contributed by atoms with Crippen LogP contribution in [0.4, 0.5) is 8.78 Å². The fourth-order valence-electron chi connectivity index (χ4n) is 3.93. The first-order valence-corrected chi connectivity index (χ1v) is 10.3. The number of benzene rings is 1. The van der Waals surface area contributed by atoms with Gasteiger partial charge >= 0.3 is 0 Å². The molecule has 164 valence electrons. The first-order valence-electron chi connectivity index (χ1n) is 10.3. The zero-order chi connectivity index (χ0) is 22.5. The number of carbonyl (C=O) groups excluding carboxylic acids is 1. The second-order valence-corrected chi connectivity index (χ2v) is 8.20. The zero-order valence-corrected chi connectivity index (χ0v) is 17.3. The Labute approximate surface area is 181 Å². The lowest BCUT2D eigenvalue weighted by Crippen LogP contribution is -2.26. The van der Waals surface area contributed by atoms with E-state index in [0.717, 1.165) is 22.2 Å². The van der Waals surface area contributed by atoms with Crippen LogP contribution in [-0.4, -0.2) is 44.2 Å². The number of nitrogens with zero attached hydrogens (tertiary/aromatic N) is 3. The number of hydrogen-bond acceptors (Lipinski definition) is 4. The Morgan fingerprint density at radius 2 is 2.09 bits per heavy atom. The minimum atomic E-state index is -2.59. The number of aromatic amines is 1. The Hall–Kier alpha value is -3.59. The molecule has 1 aliphatic carbocycles. The van der Waals surface area contributed by atoms with Crippen molar-refractivity contribution < 1.29 is 13.6 Å². The highest BCUT2D eigenvalue weighted by Gasteiger charge is 2.58. The molecule has 1 amide bonds. The Morgan fingerprint density at radius 3 is 2.88 bits per heavy atom. The molecule has 2 N–H and O–H groups in total. The highest BCUT2D eigenvalue weighted by Crippen LogP contribution is 2.45. The first kappa shape index (κ1) is 20.3. The average molecular weight is 437 g/mol. The first-order chi connectivity index (χ1) is 15.3. The molecule has 1 unspecified atom stereocenters. The SMILES string of the molecule is CN(Cc1cc2ccc(CNC(=O)c3cc(=O)n4ccccc4n3)cc2[nH]1)C1CC1(F)F. The lowest BCUT2D eigenvalue weighted by molar-refractivity contribution is 0.0777. The summed E-state index contributed by atoms with van der Waals surface area (Å²) in [6.45, 7) is 0.664. The number of aromatic nitrogens is 3. The highest BCUT2D eigenvalue weighted by molar-refractivity contribution is 5.92. The molecule has 3 heterocycles. The van der Waals surface area contributed by atoms with Gasteiger partial charge in [-0.1, -0.05) is 18.2 Å². The van der Waals surface area contributed by atoms with E-state index < -0.39 is 17.9 Å². The van der Waals surface area contributed by atoms with Gasteiger partial charge in [0.2, 0.25) is 0 Å². The third kappa shape index (κ3) is 3.87. The van der Waals surface area contributed by atoms with Crippen molar-refractivity contribution in [2.75, 3.05) is 7.05 Å². The molecule has 0 aliphatic heterocycles. The second-order valence-electron chi connectivity index (χ2n) is 8.20. The maximum absolute atomic E-state index is 13.3. The van der Waals surface area contributed by atoms with Crippen molar-refractivity contribution in [2.24, 2.45) is 0 Å². The number of halogens is 2. The third-order valence-corrected chi connectivity index (χ3v) is 5.74. The average Bonchev–Trinajstić information content (AvgIpc) is 3.23. The van der Waals surface area contributed by atoms with Crippen LogP contribution in [0.15, 0.2) is 59.5 Å². The summed E-state index contributed by atoms with van der Waals surface area (Å²) in [6, 6.07) is 13.3. The van der Waals surface area contributed by atoms with Crippen LogP contribution in [0, 0.1) is 0 Å². The van der Waals surface area contributed by atoms with Crippen molar-refractivity contribution in [3.05, 3.63) is 82.0 Å². The van der Waals surface area contributed by atoms with Gasteiger partial charge in [0.1, 0.15) is 11.3 Å². The van der Waals surface area contributed by atoms with Crippen LogP contribution < -0.4 is 10.9 Å². The molecule has 0 spiro atoms. The summed E-state index contributed by atoms with van der Waals surface area (Å²) in [5.74, 6) is -3.02. The van der Waals surface area contributed by atoms with E-state index in [2.05, 4.69) is 15.3 Å². The number of alkyl halides is 2. The number of hydrogen-bond donors (Lipinski definition) is 2. The highest BCUT2D eigenvalue weighted by atomic mass is 19.3. The maximum atomic E-state index is 13.3. The van der Waals surface area contributed by atoms with Gasteiger partial charge in [0.25, 0.3) is 17.4 Å². The summed E-state index contributed by atoms with van der Waals surface area (Å²) in [4.78, 5) is 33.9. The fourth-order valence-corrected chi connectivity index (χ4v) is 3.93. The quantitative estimate of drug-likeness (QED) is 0.486. The molecule has 3 aromatic heterocycles. The molecule has 1 aromatic carbocycles. The lowest BCUT2D eigenvalue weighted by atomic mass is 10.1. The minimum absolute atomic E-state index is 0.0596. The summed E-state index contributed by atoms with van der Waals surface area (Å²) in [7, 11) is 1.70. The second kappa shape index (κ2) is 7.52. The van der Waals surface area contributed by atoms with Gasteiger partial charge in [-0.2, -0.15) is 0 Å². The molecule has 32 heavy (non-hydrogen) atoms. The number of fused-ring (bicyclic) bond motifs is 2. The van der Waals surface area contributed by atoms with E-state index in [4.69, 9.17) is 0 Å². The van der Waals surface area contributed by atoms with Gasteiger partial charge in [-0.3, -0.25) is 18.9 Å². The summed E-state index contributed by atoms with van der Waals surface area (Å²) in [5, 5.41) is 3.76. The number of pyridine rings is 1. The van der Waals surface area contributed by atoms with Crippen LogP contribution in [0.5, 0.6) is 0 Å². The minimum Gasteiger partial charge on any atom is -0.357 e. The van der Waals surface area contributed by atoms with Crippen molar-refractivity contribution in [1.29, 1.82) is 0 Å². The molecule has 0 saturated heterocycles. The maximum Gasteiger partial charge on any atom is 0.270 e. The molecule has 0 radical (unpaired) electrons. The topological polar surface area (TPSA) is 82.5 Å². The molecule has 1 aliphatic rings. The smallest absolute Gasteiger partial charge is 0.270 e. The lowest BCUT2D eigenvalue weighted by Gasteiger charge is -2.14. The van der Waals surface area contributed by atoms with Crippen molar-refractivity contribution in [3.63, 3.8) is 0 Å². The van der Waals surface area contributed by atoms with Crippen molar-refractivity contribution in [2.45, 2.75) is 31.5 Å². The van der Waals surface area contributed by atoms with Gasteiger partial charge in [0.05, 0.1) is 6.04 Å². The van der Waals surface area contributed by atoms with Crippen LogP contribution in [0.2, 0.25) is 0 Å². The van der Waals surface area contributed by atoms with Gasteiger partial charge in [-0.15, -0.1) is 0 Å². The van der Waals surface area contributed by atoms with E-state index in [1.54, 1.807) is 36.3 Å². The van der Waals surface area contributed by atoms with Gasteiger partial charge in [-0.25, -0.2) is 13.8 Å². The summed E-state index contributed by atoms with van der Waals surface area (Å²) in [5.41, 5.74) is 2.72. The summed E-state index contributed by atoms with van der Waals surface area (Å²) >= 11 is 0. The van der Waals surface area contributed by atoms with Crippen LogP contribution in [0.3, 0.4) is 0 Å². The molecule has 5 rings (SSSR count). The van der Waals surface area contributed by atoms with Crippen molar-refractivity contribution in [1.82, 2.24) is 24.6 Å². The van der Waals surface area contributed by atoms with Crippen molar-refractivity contribution >= 4 is 22.5 Å². The van der Waals surface area contributed by atoms with Crippen molar-refractivity contribution in [3.8, 4) is 0 Å². The van der Waals surface area contributed by atoms with Gasteiger partial charge in [0.15, 0.2) is 0 Å². The molecule has 1 atom stereocenters. The fraction of sp³-hybridized carbons (Fsp3) is 0.261. The van der Waals surface area contributed by atoms with Gasteiger partial charge in [0, 0.05) is 43.0 Å².